The lowest BCUT2D eigenvalue weighted by molar-refractivity contribution is -0.140. The summed E-state index contributed by atoms with van der Waals surface area (Å²) in [5.74, 6) is 0.287. The number of aryl methyl sites for hydroxylation is 2. The molecule has 1 aromatic carbocycles. The van der Waals surface area contributed by atoms with E-state index < -0.39 is 11.9 Å². The van der Waals surface area contributed by atoms with Gasteiger partial charge in [-0.15, -0.1) is 0 Å². The first-order valence-corrected chi connectivity index (χ1v) is 6.41. The number of alkyl halides is 3. The second kappa shape index (κ2) is 4.54. The van der Waals surface area contributed by atoms with Crippen LogP contribution in [0.2, 0.25) is 0 Å². The summed E-state index contributed by atoms with van der Waals surface area (Å²) in [6.07, 6.45) is -2.59. The average molecular weight is 281 g/mol. The van der Waals surface area contributed by atoms with E-state index in [9.17, 15) is 13.2 Å². The van der Waals surface area contributed by atoms with E-state index in [0.717, 1.165) is 23.7 Å². The first-order valence-electron chi connectivity index (χ1n) is 6.41. The minimum absolute atomic E-state index is 0.00545. The molecule has 0 aliphatic carbocycles. The lowest BCUT2D eigenvalue weighted by atomic mass is 10.0. The minimum Gasteiger partial charge on any atom is -0.349 e. The standard InChI is InChI=1S/C14H14F3N3/c1-9-3-2-4-10(7-9)11-5-6-20-8-12(14(15,16)17)19-13(20)18-11/h2-4,7-8,11H,5-6H2,1H3,(H,18,19). The Kier molecular flexibility index (Phi) is 2.96. The van der Waals surface area contributed by atoms with Crippen molar-refractivity contribution < 1.29 is 13.2 Å². The van der Waals surface area contributed by atoms with E-state index in [1.165, 1.54) is 4.57 Å². The van der Waals surface area contributed by atoms with Crippen molar-refractivity contribution in [3.63, 3.8) is 0 Å². The van der Waals surface area contributed by atoms with Crippen LogP contribution in [-0.4, -0.2) is 9.55 Å². The molecule has 3 nitrogen and oxygen atoms in total. The summed E-state index contributed by atoms with van der Waals surface area (Å²) in [6.45, 7) is 2.53. The number of hydrogen-bond acceptors (Lipinski definition) is 2. The van der Waals surface area contributed by atoms with Gasteiger partial charge in [-0.25, -0.2) is 4.98 Å². The third-order valence-corrected chi connectivity index (χ3v) is 3.47. The van der Waals surface area contributed by atoms with Gasteiger partial charge in [0.2, 0.25) is 5.95 Å². The van der Waals surface area contributed by atoms with Crippen molar-refractivity contribution in [2.75, 3.05) is 5.32 Å². The Morgan fingerprint density at radius 1 is 1.35 bits per heavy atom. The molecule has 1 N–H and O–H groups in total. The molecule has 1 unspecified atom stereocenters. The quantitative estimate of drug-likeness (QED) is 0.862. The van der Waals surface area contributed by atoms with Gasteiger partial charge in [0.1, 0.15) is 0 Å². The second-order valence-corrected chi connectivity index (χ2v) is 5.04. The number of halogens is 3. The van der Waals surface area contributed by atoms with Crippen LogP contribution in [0.1, 0.15) is 29.3 Å². The van der Waals surface area contributed by atoms with E-state index in [0.29, 0.717) is 6.54 Å². The molecule has 6 heteroatoms. The Hall–Kier alpha value is -1.98. The zero-order valence-electron chi connectivity index (χ0n) is 10.9. The molecule has 0 saturated heterocycles. The van der Waals surface area contributed by atoms with Gasteiger partial charge in [0.25, 0.3) is 0 Å². The normalized spacial score (nSPS) is 18.5. The first kappa shape index (κ1) is 13.0. The summed E-state index contributed by atoms with van der Waals surface area (Å²) in [4.78, 5) is 3.65. The number of hydrogen-bond donors (Lipinski definition) is 1. The van der Waals surface area contributed by atoms with Crippen LogP contribution in [0.3, 0.4) is 0 Å². The van der Waals surface area contributed by atoms with Crippen LogP contribution >= 0.6 is 0 Å². The topological polar surface area (TPSA) is 29.9 Å². The lowest BCUT2D eigenvalue weighted by Crippen LogP contribution is -2.21. The monoisotopic (exact) mass is 281 g/mol. The molecule has 1 aliphatic rings. The molecule has 0 spiro atoms. The molecule has 1 aromatic heterocycles. The zero-order valence-corrected chi connectivity index (χ0v) is 10.9. The number of nitrogens with one attached hydrogen (secondary N) is 1. The molecule has 0 saturated carbocycles. The maximum atomic E-state index is 12.6. The van der Waals surface area contributed by atoms with Crippen molar-refractivity contribution in [1.82, 2.24) is 9.55 Å². The Morgan fingerprint density at radius 3 is 2.85 bits per heavy atom. The van der Waals surface area contributed by atoms with Crippen molar-refractivity contribution >= 4 is 5.95 Å². The zero-order chi connectivity index (χ0) is 14.3. The van der Waals surface area contributed by atoms with Gasteiger partial charge in [-0.2, -0.15) is 13.2 Å². The van der Waals surface area contributed by atoms with Crippen molar-refractivity contribution in [3.05, 3.63) is 47.3 Å². The Balaban J connectivity index is 1.87. The molecular formula is C14H14F3N3. The Bertz CT molecular complexity index is 631. The molecule has 2 heterocycles. The first-order chi connectivity index (χ1) is 9.43. The van der Waals surface area contributed by atoms with Gasteiger partial charge in [-0.3, -0.25) is 0 Å². The van der Waals surface area contributed by atoms with E-state index in [2.05, 4.69) is 10.3 Å². The van der Waals surface area contributed by atoms with E-state index in [1.807, 2.05) is 31.2 Å². The number of nitrogens with zero attached hydrogens (tertiary/aromatic N) is 2. The molecule has 0 radical (unpaired) electrons. The molecule has 1 aliphatic heterocycles. The summed E-state index contributed by atoms with van der Waals surface area (Å²) < 4.78 is 39.5. The van der Waals surface area contributed by atoms with E-state index in [1.54, 1.807) is 0 Å². The highest BCUT2D eigenvalue weighted by atomic mass is 19.4. The molecule has 0 amide bonds. The maximum absolute atomic E-state index is 12.6. The van der Waals surface area contributed by atoms with Gasteiger partial charge < -0.3 is 9.88 Å². The summed E-state index contributed by atoms with van der Waals surface area (Å²) >= 11 is 0. The molecule has 0 bridgehead atoms. The van der Waals surface area contributed by atoms with Gasteiger partial charge >= 0.3 is 6.18 Å². The molecule has 0 fully saturated rings. The van der Waals surface area contributed by atoms with Crippen LogP contribution in [0.15, 0.2) is 30.5 Å². The summed E-state index contributed by atoms with van der Waals surface area (Å²) in [6, 6.07) is 7.98. The van der Waals surface area contributed by atoms with Crippen LogP contribution in [0, 0.1) is 6.92 Å². The summed E-state index contributed by atoms with van der Waals surface area (Å²) in [5.41, 5.74) is 1.37. The van der Waals surface area contributed by atoms with Gasteiger partial charge in [0, 0.05) is 12.7 Å². The van der Waals surface area contributed by atoms with Gasteiger partial charge in [-0.1, -0.05) is 29.8 Å². The number of aromatic nitrogens is 2. The van der Waals surface area contributed by atoms with Crippen LogP contribution in [-0.2, 0) is 12.7 Å². The van der Waals surface area contributed by atoms with Gasteiger partial charge in [-0.05, 0) is 18.9 Å². The van der Waals surface area contributed by atoms with E-state index >= 15 is 0 Å². The summed E-state index contributed by atoms with van der Waals surface area (Å²) in [5, 5.41) is 3.08. The van der Waals surface area contributed by atoms with Gasteiger partial charge in [0.05, 0.1) is 6.04 Å². The number of rotatable bonds is 1. The molecule has 1 atom stereocenters. The van der Waals surface area contributed by atoms with Crippen molar-refractivity contribution in [1.29, 1.82) is 0 Å². The van der Waals surface area contributed by atoms with Crippen LogP contribution in [0.25, 0.3) is 0 Å². The molecular weight excluding hydrogens is 267 g/mol. The second-order valence-electron chi connectivity index (χ2n) is 5.04. The lowest BCUT2D eigenvalue weighted by Gasteiger charge is -2.26. The highest BCUT2D eigenvalue weighted by Crippen LogP contribution is 2.33. The number of anilines is 1. The highest BCUT2D eigenvalue weighted by molar-refractivity contribution is 5.38. The Labute approximate surface area is 114 Å². The SMILES string of the molecule is Cc1cccc(C2CCn3cc(C(F)(F)F)nc3N2)c1. The average Bonchev–Trinajstić information content (AvgIpc) is 2.81. The fourth-order valence-corrected chi connectivity index (χ4v) is 2.47. The summed E-state index contributed by atoms with van der Waals surface area (Å²) in [7, 11) is 0. The van der Waals surface area contributed by atoms with Crippen molar-refractivity contribution in [2.24, 2.45) is 0 Å². The molecule has 2 aromatic rings. The number of fused-ring (bicyclic) bond motifs is 1. The largest absolute Gasteiger partial charge is 0.434 e. The van der Waals surface area contributed by atoms with Crippen LogP contribution < -0.4 is 5.32 Å². The predicted octanol–water partition coefficient (Wildman–Crippen LogP) is 3.77. The fraction of sp³-hybridized carbons (Fsp3) is 0.357. The molecule has 20 heavy (non-hydrogen) atoms. The highest BCUT2D eigenvalue weighted by Gasteiger charge is 2.35. The van der Waals surface area contributed by atoms with Crippen LogP contribution in [0.4, 0.5) is 19.1 Å². The minimum atomic E-state index is -4.40. The molecule has 3 rings (SSSR count). The van der Waals surface area contributed by atoms with Crippen molar-refractivity contribution in [2.45, 2.75) is 32.1 Å². The van der Waals surface area contributed by atoms with E-state index in [4.69, 9.17) is 0 Å². The van der Waals surface area contributed by atoms with E-state index in [-0.39, 0.29) is 12.0 Å². The molecule has 106 valence electrons. The fourth-order valence-electron chi connectivity index (χ4n) is 2.47. The Morgan fingerprint density at radius 2 is 2.15 bits per heavy atom. The van der Waals surface area contributed by atoms with Gasteiger partial charge in [0.15, 0.2) is 5.69 Å². The maximum Gasteiger partial charge on any atom is 0.434 e. The number of benzene rings is 1. The number of imidazole rings is 1. The van der Waals surface area contributed by atoms with Crippen molar-refractivity contribution in [3.8, 4) is 0 Å². The third-order valence-electron chi connectivity index (χ3n) is 3.47. The predicted molar refractivity (Wildman–Crippen MR) is 69.4 cm³/mol. The smallest absolute Gasteiger partial charge is 0.349 e. The van der Waals surface area contributed by atoms with Crippen LogP contribution in [0.5, 0.6) is 0 Å². The third kappa shape index (κ3) is 2.37.